The van der Waals surface area contributed by atoms with Gasteiger partial charge in [-0.1, -0.05) is 31.8 Å². The molecule has 0 aliphatic heterocycles. The van der Waals surface area contributed by atoms with E-state index in [1.165, 1.54) is 31.4 Å². The summed E-state index contributed by atoms with van der Waals surface area (Å²) in [6, 6.07) is 9.49. The zero-order valence-corrected chi connectivity index (χ0v) is 21.9. The van der Waals surface area contributed by atoms with Gasteiger partial charge >= 0.3 is 5.97 Å². The highest BCUT2D eigenvalue weighted by Crippen LogP contribution is 2.37. The van der Waals surface area contributed by atoms with E-state index >= 15 is 0 Å². The molecule has 0 N–H and O–H groups in total. The summed E-state index contributed by atoms with van der Waals surface area (Å²) in [5.74, 6) is -2.07. The quantitative estimate of drug-likeness (QED) is 0.152. The van der Waals surface area contributed by atoms with Crippen LogP contribution in [0.25, 0.3) is 33.1 Å². The molecule has 2 heterocycles. The van der Waals surface area contributed by atoms with E-state index in [2.05, 4.69) is 45.7 Å². The molecule has 2 aromatic heterocycles. The Hall–Kier alpha value is -2.69. The number of fused-ring (bicyclic) bond motifs is 3. The number of hydrogen-bond acceptors (Lipinski definition) is 5. The maximum atomic E-state index is 14.8. The molecular weight excluding hydrogens is 524 g/mol. The van der Waals surface area contributed by atoms with Crippen molar-refractivity contribution in [3.8, 4) is 11.3 Å². The standard InChI is InChI=1S/C24H24BrF2N3O3Si/c1-32-24(31)14-8-9-15-16(12-14)20(19-17(26)6-5-7-18(19)27)28-21-22(15)30(29-23(21)25)13-33-10-11-34(2,3)4/h5-9,12H,10-11,13H2,1-4H3. The number of carbonyl (C=O) groups excluding carboxylic acids is 1. The summed E-state index contributed by atoms with van der Waals surface area (Å²) in [6.45, 7) is 7.61. The molecule has 0 unspecified atom stereocenters. The van der Waals surface area contributed by atoms with E-state index in [-0.39, 0.29) is 23.6 Å². The molecule has 0 bridgehead atoms. The summed E-state index contributed by atoms with van der Waals surface area (Å²) < 4.78 is 42.4. The lowest BCUT2D eigenvalue weighted by atomic mass is 9.99. The van der Waals surface area contributed by atoms with Gasteiger partial charge in [-0.25, -0.2) is 23.2 Å². The fourth-order valence-electron chi connectivity index (χ4n) is 3.69. The minimum atomic E-state index is -1.26. The molecule has 0 spiro atoms. The molecule has 0 aliphatic rings. The second-order valence-electron chi connectivity index (χ2n) is 9.14. The lowest BCUT2D eigenvalue weighted by Crippen LogP contribution is -2.22. The van der Waals surface area contributed by atoms with E-state index in [0.717, 1.165) is 6.04 Å². The summed E-state index contributed by atoms with van der Waals surface area (Å²) in [5.41, 5.74) is 1.11. The molecule has 0 amide bonds. The predicted molar refractivity (Wildman–Crippen MR) is 134 cm³/mol. The molecule has 0 fully saturated rings. The Balaban J connectivity index is 1.94. The van der Waals surface area contributed by atoms with Gasteiger partial charge in [0.2, 0.25) is 0 Å². The predicted octanol–water partition coefficient (Wildman–Crippen LogP) is 6.39. The molecule has 0 radical (unpaired) electrons. The van der Waals surface area contributed by atoms with E-state index in [1.54, 1.807) is 16.8 Å². The van der Waals surface area contributed by atoms with E-state index < -0.39 is 25.7 Å². The molecule has 0 atom stereocenters. The maximum Gasteiger partial charge on any atom is 0.337 e. The molecule has 4 rings (SSSR count). The third-order valence-electron chi connectivity index (χ3n) is 5.47. The first-order valence-corrected chi connectivity index (χ1v) is 15.2. The number of halogens is 3. The number of aromatic nitrogens is 3. The largest absolute Gasteiger partial charge is 0.465 e. The first-order chi connectivity index (χ1) is 16.1. The third-order valence-corrected chi connectivity index (χ3v) is 7.71. The third kappa shape index (κ3) is 4.75. The Morgan fingerprint density at radius 2 is 1.82 bits per heavy atom. The van der Waals surface area contributed by atoms with E-state index in [0.29, 0.717) is 33.0 Å². The normalized spacial score (nSPS) is 12.0. The van der Waals surface area contributed by atoms with Crippen molar-refractivity contribution in [3.05, 3.63) is 58.2 Å². The van der Waals surface area contributed by atoms with Crippen LogP contribution in [-0.2, 0) is 16.2 Å². The summed E-state index contributed by atoms with van der Waals surface area (Å²) in [5, 5.41) is 5.53. The Morgan fingerprint density at radius 1 is 1.12 bits per heavy atom. The number of ether oxygens (including phenoxy) is 2. The van der Waals surface area contributed by atoms with Crippen molar-refractivity contribution in [1.82, 2.24) is 14.8 Å². The van der Waals surface area contributed by atoms with Crippen molar-refractivity contribution in [2.45, 2.75) is 32.4 Å². The summed E-state index contributed by atoms with van der Waals surface area (Å²) >= 11 is 3.43. The Morgan fingerprint density at radius 3 is 2.47 bits per heavy atom. The van der Waals surface area contributed by atoms with Crippen LogP contribution in [0, 0.1) is 11.6 Å². The highest BCUT2D eigenvalue weighted by atomic mass is 79.9. The highest BCUT2D eigenvalue weighted by Gasteiger charge is 2.23. The molecule has 34 heavy (non-hydrogen) atoms. The van der Waals surface area contributed by atoms with E-state index in [4.69, 9.17) is 9.47 Å². The van der Waals surface area contributed by atoms with Crippen molar-refractivity contribution in [3.63, 3.8) is 0 Å². The van der Waals surface area contributed by atoms with Gasteiger partial charge in [0.05, 0.1) is 29.4 Å². The zero-order valence-electron chi connectivity index (χ0n) is 19.3. The van der Waals surface area contributed by atoms with Crippen LogP contribution in [0.15, 0.2) is 41.0 Å². The highest BCUT2D eigenvalue weighted by molar-refractivity contribution is 9.10. The van der Waals surface area contributed by atoms with Crippen LogP contribution in [0.2, 0.25) is 25.7 Å². The van der Waals surface area contributed by atoms with Crippen molar-refractivity contribution < 1.29 is 23.0 Å². The van der Waals surface area contributed by atoms with Gasteiger partial charge in [-0.05, 0) is 46.2 Å². The van der Waals surface area contributed by atoms with Gasteiger partial charge in [0.15, 0.2) is 4.60 Å². The molecule has 2 aromatic carbocycles. The second kappa shape index (κ2) is 9.51. The van der Waals surface area contributed by atoms with Crippen LogP contribution in [0.3, 0.4) is 0 Å². The number of benzene rings is 2. The first kappa shape index (κ1) is 24.4. The Bertz CT molecular complexity index is 1380. The minimum Gasteiger partial charge on any atom is -0.465 e. The first-order valence-electron chi connectivity index (χ1n) is 10.7. The number of nitrogens with zero attached hydrogens (tertiary/aromatic N) is 3. The lowest BCUT2D eigenvalue weighted by molar-refractivity contribution is 0.0601. The van der Waals surface area contributed by atoms with E-state index in [1.807, 2.05) is 0 Å². The molecule has 0 saturated heterocycles. The van der Waals surface area contributed by atoms with Crippen LogP contribution >= 0.6 is 15.9 Å². The number of pyridine rings is 1. The number of esters is 1. The monoisotopic (exact) mass is 547 g/mol. The number of hydrogen-bond donors (Lipinski definition) is 0. The molecule has 4 aromatic rings. The lowest BCUT2D eigenvalue weighted by Gasteiger charge is -2.16. The van der Waals surface area contributed by atoms with Gasteiger partial charge < -0.3 is 9.47 Å². The second-order valence-corrected chi connectivity index (χ2v) is 15.5. The van der Waals surface area contributed by atoms with Crippen LogP contribution in [0.4, 0.5) is 8.78 Å². The van der Waals surface area contributed by atoms with Gasteiger partial charge in [-0.3, -0.25) is 0 Å². The Labute approximate surface area is 205 Å². The van der Waals surface area contributed by atoms with Crippen molar-refractivity contribution in [2.24, 2.45) is 0 Å². The molecule has 10 heteroatoms. The molecular formula is C24H24BrF2N3O3Si. The maximum absolute atomic E-state index is 14.8. The average Bonchev–Trinajstić information content (AvgIpc) is 3.10. The average molecular weight is 548 g/mol. The van der Waals surface area contributed by atoms with Crippen LogP contribution in [0.1, 0.15) is 10.4 Å². The summed E-state index contributed by atoms with van der Waals surface area (Å²) in [7, 11) is 0.0180. The van der Waals surface area contributed by atoms with Crippen molar-refractivity contribution >= 4 is 51.8 Å². The summed E-state index contributed by atoms with van der Waals surface area (Å²) in [6.07, 6.45) is 0. The van der Waals surface area contributed by atoms with Crippen LogP contribution in [0.5, 0.6) is 0 Å². The molecule has 178 valence electrons. The zero-order chi connectivity index (χ0) is 24.6. The summed E-state index contributed by atoms with van der Waals surface area (Å²) in [4.78, 5) is 16.8. The Kier molecular flexibility index (Phi) is 6.84. The number of carbonyl (C=O) groups is 1. The number of rotatable bonds is 7. The minimum absolute atomic E-state index is 0.0729. The van der Waals surface area contributed by atoms with Crippen LogP contribution < -0.4 is 0 Å². The smallest absolute Gasteiger partial charge is 0.337 e. The van der Waals surface area contributed by atoms with Gasteiger partial charge in [-0.15, -0.1) is 0 Å². The van der Waals surface area contributed by atoms with E-state index in [9.17, 15) is 13.6 Å². The topological polar surface area (TPSA) is 66.2 Å². The van der Waals surface area contributed by atoms with Gasteiger partial charge in [-0.2, -0.15) is 5.10 Å². The fourth-order valence-corrected chi connectivity index (χ4v) is 4.91. The number of methoxy groups -OCH3 is 1. The SMILES string of the molecule is COC(=O)c1ccc2c(c1)c(-c1c(F)cccc1F)nc1c(Br)nn(COCC[Si](C)(C)C)c12. The van der Waals surface area contributed by atoms with Gasteiger partial charge in [0.25, 0.3) is 0 Å². The van der Waals surface area contributed by atoms with Crippen LogP contribution in [-0.4, -0.2) is 42.5 Å². The van der Waals surface area contributed by atoms with Gasteiger partial charge in [0, 0.05) is 25.5 Å². The molecule has 0 saturated carbocycles. The van der Waals surface area contributed by atoms with Crippen molar-refractivity contribution in [1.29, 1.82) is 0 Å². The van der Waals surface area contributed by atoms with Gasteiger partial charge in [0.1, 0.15) is 23.9 Å². The fraction of sp³-hybridized carbons (Fsp3) is 0.292. The molecule has 0 aliphatic carbocycles. The van der Waals surface area contributed by atoms with Crippen molar-refractivity contribution in [2.75, 3.05) is 13.7 Å². The molecule has 6 nitrogen and oxygen atoms in total.